The lowest BCUT2D eigenvalue weighted by atomic mass is 9.91. The highest BCUT2D eigenvalue weighted by molar-refractivity contribution is 5.83. The molecule has 0 saturated heterocycles. The Morgan fingerprint density at radius 1 is 1.31 bits per heavy atom. The summed E-state index contributed by atoms with van der Waals surface area (Å²) < 4.78 is 0. The number of hydrogen-bond acceptors (Lipinski definition) is 2. The number of nitrogens with two attached hydrogens (primary N) is 2. The Bertz CT molecular complexity index is 511. The van der Waals surface area contributed by atoms with E-state index in [9.17, 15) is 0 Å². The van der Waals surface area contributed by atoms with Crippen LogP contribution in [0.4, 0.5) is 0 Å². The summed E-state index contributed by atoms with van der Waals surface area (Å²) in [6, 6.07) is 8.34. The zero-order chi connectivity index (χ0) is 11.2. The first-order valence-electron chi connectivity index (χ1n) is 5.78. The van der Waals surface area contributed by atoms with E-state index < -0.39 is 0 Å². The lowest BCUT2D eigenvalue weighted by Crippen LogP contribution is -2.29. The van der Waals surface area contributed by atoms with Gasteiger partial charge in [-0.15, -0.1) is 0 Å². The lowest BCUT2D eigenvalue weighted by Gasteiger charge is -2.21. The number of H-pyrrole nitrogens is 1. The summed E-state index contributed by atoms with van der Waals surface area (Å²) >= 11 is 0. The first kappa shape index (κ1) is 9.87. The predicted octanol–water partition coefficient (Wildman–Crippen LogP) is 1.91. The van der Waals surface area contributed by atoms with E-state index in [0.29, 0.717) is 6.54 Å². The van der Waals surface area contributed by atoms with Crippen LogP contribution in [0, 0.1) is 5.41 Å². The molecular weight excluding hydrogens is 198 g/mol. The van der Waals surface area contributed by atoms with Crippen molar-refractivity contribution in [2.24, 2.45) is 16.9 Å². The van der Waals surface area contributed by atoms with Gasteiger partial charge in [0.1, 0.15) is 0 Å². The molecule has 84 valence electrons. The molecule has 0 aliphatic heterocycles. The molecule has 1 aliphatic carbocycles. The van der Waals surface area contributed by atoms with Gasteiger partial charge in [0.25, 0.3) is 0 Å². The van der Waals surface area contributed by atoms with Gasteiger partial charge in [0.15, 0.2) is 0 Å². The molecule has 2 aromatic rings. The van der Waals surface area contributed by atoms with Crippen LogP contribution in [-0.4, -0.2) is 11.5 Å². The fraction of sp³-hybridized carbons (Fsp3) is 0.385. The first-order valence-corrected chi connectivity index (χ1v) is 5.78. The number of hydrogen-bond donors (Lipinski definition) is 3. The molecule has 1 unspecified atom stereocenters. The molecule has 1 saturated carbocycles. The molecule has 0 radical (unpaired) electrons. The molecule has 1 fully saturated rings. The topological polar surface area (TPSA) is 67.8 Å². The number of fused-ring (bicyclic) bond motifs is 1. The molecular formula is C13H17N3. The average Bonchev–Trinajstić information content (AvgIpc) is 3.02. The van der Waals surface area contributed by atoms with E-state index in [1.165, 1.54) is 10.9 Å². The van der Waals surface area contributed by atoms with Gasteiger partial charge in [-0.2, -0.15) is 0 Å². The molecule has 16 heavy (non-hydrogen) atoms. The zero-order valence-electron chi connectivity index (χ0n) is 9.24. The summed E-state index contributed by atoms with van der Waals surface area (Å²) in [4.78, 5) is 3.27. The highest BCUT2D eigenvalue weighted by Crippen LogP contribution is 2.53. The predicted molar refractivity (Wildman–Crippen MR) is 65.9 cm³/mol. The Morgan fingerprint density at radius 2 is 2.06 bits per heavy atom. The van der Waals surface area contributed by atoms with Crippen molar-refractivity contribution in [2.75, 3.05) is 6.54 Å². The molecule has 3 rings (SSSR count). The SMILES string of the molecule is NCC1(C(N)c2c[nH]c3ccccc23)CC1. The fourth-order valence-electron chi connectivity index (χ4n) is 2.48. The van der Waals surface area contributed by atoms with Crippen LogP contribution >= 0.6 is 0 Å². The summed E-state index contributed by atoms with van der Waals surface area (Å²) in [5.41, 5.74) is 14.7. The number of nitrogens with one attached hydrogen (secondary N) is 1. The van der Waals surface area contributed by atoms with Gasteiger partial charge in [-0.3, -0.25) is 0 Å². The minimum atomic E-state index is 0.0636. The third kappa shape index (κ3) is 1.29. The van der Waals surface area contributed by atoms with Crippen LogP contribution in [0.1, 0.15) is 24.4 Å². The van der Waals surface area contributed by atoms with Crippen molar-refractivity contribution in [3.8, 4) is 0 Å². The van der Waals surface area contributed by atoms with Gasteiger partial charge >= 0.3 is 0 Å². The third-order valence-electron chi connectivity index (χ3n) is 3.91. The summed E-state index contributed by atoms with van der Waals surface area (Å²) in [5, 5.41) is 1.23. The second-order valence-electron chi connectivity index (χ2n) is 4.83. The maximum Gasteiger partial charge on any atom is 0.0457 e. The van der Waals surface area contributed by atoms with Gasteiger partial charge < -0.3 is 16.5 Å². The Labute approximate surface area is 94.8 Å². The Morgan fingerprint density at radius 3 is 2.75 bits per heavy atom. The highest BCUT2D eigenvalue weighted by atomic mass is 14.8. The quantitative estimate of drug-likeness (QED) is 0.732. The molecule has 0 spiro atoms. The smallest absolute Gasteiger partial charge is 0.0457 e. The van der Waals surface area contributed by atoms with E-state index in [2.05, 4.69) is 23.2 Å². The minimum Gasteiger partial charge on any atom is -0.361 e. The van der Waals surface area contributed by atoms with Crippen LogP contribution < -0.4 is 11.5 Å². The van der Waals surface area contributed by atoms with Gasteiger partial charge in [0, 0.05) is 28.6 Å². The lowest BCUT2D eigenvalue weighted by molar-refractivity contribution is 0.421. The summed E-state index contributed by atoms with van der Waals surface area (Å²) in [6.45, 7) is 0.688. The van der Waals surface area contributed by atoms with Crippen molar-refractivity contribution < 1.29 is 0 Å². The van der Waals surface area contributed by atoms with Gasteiger partial charge in [0.05, 0.1) is 0 Å². The molecule has 1 aliphatic rings. The molecule has 0 bridgehead atoms. The molecule has 0 amide bonds. The average molecular weight is 215 g/mol. The molecule has 5 N–H and O–H groups in total. The normalized spacial score (nSPS) is 19.9. The summed E-state index contributed by atoms with van der Waals surface area (Å²) in [7, 11) is 0. The van der Waals surface area contributed by atoms with Gasteiger partial charge in [-0.25, -0.2) is 0 Å². The molecule has 1 heterocycles. The summed E-state index contributed by atoms with van der Waals surface area (Å²) in [5.74, 6) is 0. The Balaban J connectivity index is 2.06. The van der Waals surface area contributed by atoms with Crippen LogP contribution in [0.15, 0.2) is 30.5 Å². The van der Waals surface area contributed by atoms with Crippen LogP contribution in [0.25, 0.3) is 10.9 Å². The number of benzene rings is 1. The first-order chi connectivity index (χ1) is 7.77. The van der Waals surface area contributed by atoms with Gasteiger partial charge in [-0.1, -0.05) is 18.2 Å². The van der Waals surface area contributed by atoms with Gasteiger partial charge in [-0.05, 0) is 31.0 Å². The Hall–Kier alpha value is -1.32. The van der Waals surface area contributed by atoms with Crippen LogP contribution in [-0.2, 0) is 0 Å². The second kappa shape index (κ2) is 3.34. The van der Waals surface area contributed by atoms with E-state index in [0.717, 1.165) is 18.4 Å². The van der Waals surface area contributed by atoms with Crippen molar-refractivity contribution in [1.29, 1.82) is 0 Å². The molecule has 1 atom stereocenters. The van der Waals surface area contributed by atoms with Crippen molar-refractivity contribution >= 4 is 10.9 Å². The summed E-state index contributed by atoms with van der Waals surface area (Å²) in [6.07, 6.45) is 4.35. The third-order valence-corrected chi connectivity index (χ3v) is 3.91. The maximum atomic E-state index is 6.36. The van der Waals surface area contributed by atoms with Crippen LogP contribution in [0.5, 0.6) is 0 Å². The fourth-order valence-corrected chi connectivity index (χ4v) is 2.48. The number of para-hydroxylation sites is 1. The van der Waals surface area contributed by atoms with E-state index in [-0.39, 0.29) is 11.5 Å². The Kier molecular flexibility index (Phi) is 2.06. The number of rotatable bonds is 3. The highest BCUT2D eigenvalue weighted by Gasteiger charge is 2.47. The van der Waals surface area contributed by atoms with Crippen molar-refractivity contribution in [3.05, 3.63) is 36.0 Å². The molecule has 3 heteroatoms. The van der Waals surface area contributed by atoms with Crippen molar-refractivity contribution in [2.45, 2.75) is 18.9 Å². The standard InChI is InChI=1S/C13H17N3/c14-8-13(5-6-13)12(15)10-7-16-11-4-2-1-3-9(10)11/h1-4,7,12,16H,5-6,8,14-15H2. The molecule has 1 aromatic heterocycles. The van der Waals surface area contributed by atoms with Crippen LogP contribution in [0.2, 0.25) is 0 Å². The molecule has 3 nitrogen and oxygen atoms in total. The largest absolute Gasteiger partial charge is 0.361 e. The monoisotopic (exact) mass is 215 g/mol. The van der Waals surface area contributed by atoms with Crippen LogP contribution in [0.3, 0.4) is 0 Å². The number of aromatic amines is 1. The molecule has 1 aromatic carbocycles. The van der Waals surface area contributed by atoms with Crippen molar-refractivity contribution in [3.63, 3.8) is 0 Å². The van der Waals surface area contributed by atoms with E-state index in [4.69, 9.17) is 11.5 Å². The van der Waals surface area contributed by atoms with Gasteiger partial charge in [0.2, 0.25) is 0 Å². The van der Waals surface area contributed by atoms with E-state index in [1.807, 2.05) is 12.3 Å². The maximum absolute atomic E-state index is 6.36. The zero-order valence-corrected chi connectivity index (χ0v) is 9.24. The number of aromatic nitrogens is 1. The van der Waals surface area contributed by atoms with Crippen molar-refractivity contribution in [1.82, 2.24) is 4.98 Å². The van der Waals surface area contributed by atoms with E-state index >= 15 is 0 Å². The second-order valence-corrected chi connectivity index (χ2v) is 4.83. The minimum absolute atomic E-state index is 0.0636. The van der Waals surface area contributed by atoms with E-state index in [1.54, 1.807) is 0 Å².